The predicted molar refractivity (Wildman–Crippen MR) is 30.1 cm³/mol. The third-order valence-electron chi connectivity index (χ3n) is 0.333. The third-order valence-corrected chi connectivity index (χ3v) is 0.333. The van der Waals surface area contributed by atoms with Crippen molar-refractivity contribution in [2.75, 3.05) is 14.2 Å². The number of carboxylic acid groups (broad SMARTS) is 2. The maximum Gasteiger partial charge on any atom is 0.507 e. The monoisotopic (exact) mass is 152 g/mol. The summed E-state index contributed by atoms with van der Waals surface area (Å²) in [5.41, 5.74) is 0. The van der Waals surface area contributed by atoms with E-state index in [4.69, 9.17) is 15.0 Å². The van der Waals surface area contributed by atoms with Crippen LogP contribution < -0.4 is 0 Å². The average Bonchev–Trinajstić information content (AvgIpc) is 1.85. The van der Waals surface area contributed by atoms with Gasteiger partial charge in [-0.15, -0.1) is 0 Å². The van der Waals surface area contributed by atoms with Crippen LogP contribution in [0.1, 0.15) is 0 Å². The van der Waals surface area contributed by atoms with Gasteiger partial charge in [0.1, 0.15) is 0 Å². The summed E-state index contributed by atoms with van der Waals surface area (Å²) in [4.78, 5) is 18.3. The molecule has 2 N–H and O–H groups in total. The fourth-order valence-corrected chi connectivity index (χ4v) is 0.0833. The van der Waals surface area contributed by atoms with Crippen LogP contribution >= 0.6 is 0 Å². The molecule has 60 valence electrons. The van der Waals surface area contributed by atoms with Crippen molar-refractivity contribution in [2.45, 2.75) is 0 Å². The molecule has 0 spiro atoms. The van der Waals surface area contributed by atoms with Crippen LogP contribution in [-0.4, -0.2) is 36.7 Å². The van der Waals surface area contributed by atoms with Crippen molar-refractivity contribution < 1.29 is 29.3 Å². The Hall–Kier alpha value is -1.46. The van der Waals surface area contributed by atoms with Gasteiger partial charge >= 0.3 is 12.3 Å². The molecule has 0 fully saturated rings. The zero-order valence-corrected chi connectivity index (χ0v) is 5.53. The van der Waals surface area contributed by atoms with Gasteiger partial charge in [0.25, 0.3) is 0 Å². The Morgan fingerprint density at radius 2 is 1.30 bits per heavy atom. The molecule has 0 radical (unpaired) electrons. The zero-order valence-electron chi connectivity index (χ0n) is 5.53. The second-order valence-corrected chi connectivity index (χ2v) is 0.941. The molecule has 0 unspecified atom stereocenters. The van der Waals surface area contributed by atoms with E-state index in [1.807, 2.05) is 0 Å². The molecule has 0 saturated carbocycles. The normalized spacial score (nSPS) is 6.60. The molecule has 6 heteroatoms. The summed E-state index contributed by atoms with van der Waals surface area (Å²) in [6.45, 7) is 0. The highest BCUT2D eigenvalue weighted by atomic mass is 16.7. The molecular formula is C4H8O6. The number of ether oxygens (including phenoxy) is 2. The minimum absolute atomic E-state index is 0.657. The minimum Gasteiger partial charge on any atom is -0.450 e. The van der Waals surface area contributed by atoms with Gasteiger partial charge in [-0.3, -0.25) is 0 Å². The van der Waals surface area contributed by atoms with Crippen LogP contribution in [0.15, 0.2) is 0 Å². The van der Waals surface area contributed by atoms with Crippen molar-refractivity contribution >= 4 is 12.3 Å². The molecule has 0 rings (SSSR count). The fourth-order valence-electron chi connectivity index (χ4n) is 0.0833. The van der Waals surface area contributed by atoms with E-state index in [1.165, 1.54) is 14.2 Å². The number of carbonyl (C=O) groups is 2. The van der Waals surface area contributed by atoms with E-state index < -0.39 is 12.3 Å². The van der Waals surface area contributed by atoms with Crippen molar-refractivity contribution in [3.05, 3.63) is 0 Å². The molecule has 0 aliphatic carbocycles. The van der Waals surface area contributed by atoms with Gasteiger partial charge in [0, 0.05) is 0 Å². The molecular weight excluding hydrogens is 144 g/mol. The lowest BCUT2D eigenvalue weighted by atomic mass is 11.3. The highest BCUT2D eigenvalue weighted by molar-refractivity contribution is 5.59. The summed E-state index contributed by atoms with van der Waals surface area (Å²) in [5.74, 6) is 0. The molecule has 0 aromatic carbocycles. The Bertz CT molecular complexity index is 98.3. The van der Waals surface area contributed by atoms with Crippen LogP contribution in [0.25, 0.3) is 0 Å². The van der Waals surface area contributed by atoms with Crippen LogP contribution in [0.5, 0.6) is 0 Å². The van der Waals surface area contributed by atoms with Crippen molar-refractivity contribution in [2.24, 2.45) is 0 Å². The first-order valence-electron chi connectivity index (χ1n) is 2.08. The Balaban J connectivity index is 0. The first kappa shape index (κ1) is 11.4. The largest absolute Gasteiger partial charge is 0.507 e. The summed E-state index contributed by atoms with van der Waals surface area (Å²) >= 11 is 0. The third kappa shape index (κ3) is 31.1. The first-order valence-corrected chi connectivity index (χ1v) is 2.08. The molecule has 0 aliphatic rings. The number of hydrogen-bond donors (Lipinski definition) is 2. The van der Waals surface area contributed by atoms with E-state index in [2.05, 4.69) is 9.47 Å². The van der Waals surface area contributed by atoms with Crippen molar-refractivity contribution in [1.29, 1.82) is 0 Å². The van der Waals surface area contributed by atoms with Crippen LogP contribution in [0.2, 0.25) is 0 Å². The summed E-state index contributed by atoms with van der Waals surface area (Å²) in [6, 6.07) is 0. The number of methoxy groups -OCH3 is 2. The predicted octanol–water partition coefficient (Wildman–Crippen LogP) is 0.622. The molecule has 0 amide bonds. The fraction of sp³-hybridized carbons (Fsp3) is 0.500. The molecule has 0 aromatic heterocycles. The summed E-state index contributed by atoms with van der Waals surface area (Å²) in [5, 5.41) is 13.9. The van der Waals surface area contributed by atoms with Crippen LogP contribution in [0, 0.1) is 0 Å². The number of hydrogen-bond acceptors (Lipinski definition) is 4. The molecule has 6 nitrogen and oxygen atoms in total. The van der Waals surface area contributed by atoms with Crippen molar-refractivity contribution in [3.8, 4) is 0 Å². The van der Waals surface area contributed by atoms with Gasteiger partial charge in [-0.2, -0.15) is 0 Å². The lowest BCUT2D eigenvalue weighted by Gasteiger charge is -1.89. The van der Waals surface area contributed by atoms with E-state index in [0.29, 0.717) is 0 Å². The van der Waals surface area contributed by atoms with E-state index in [0.717, 1.165) is 0 Å². The van der Waals surface area contributed by atoms with E-state index in [9.17, 15) is 4.79 Å². The van der Waals surface area contributed by atoms with Crippen molar-refractivity contribution in [1.82, 2.24) is 0 Å². The van der Waals surface area contributed by atoms with Crippen molar-refractivity contribution in [3.63, 3.8) is 0 Å². The van der Waals surface area contributed by atoms with Crippen LogP contribution in [-0.2, 0) is 9.47 Å². The van der Waals surface area contributed by atoms with Crippen LogP contribution in [0.4, 0.5) is 9.59 Å². The number of carbonyl (C=O) groups excluding carboxylic acids is 1. The molecule has 0 heterocycles. The van der Waals surface area contributed by atoms with Crippen LogP contribution in [0.3, 0.4) is 0 Å². The van der Waals surface area contributed by atoms with Gasteiger partial charge in [-0.05, 0) is 0 Å². The highest BCUT2D eigenvalue weighted by Crippen LogP contribution is 1.72. The van der Waals surface area contributed by atoms with Gasteiger partial charge < -0.3 is 19.7 Å². The molecule has 0 saturated heterocycles. The molecule has 0 atom stereocenters. The Kier molecular flexibility index (Phi) is 8.56. The Morgan fingerprint density at radius 3 is 1.30 bits per heavy atom. The second-order valence-electron chi connectivity index (χ2n) is 0.941. The SMILES string of the molecule is COC(=O)OC.O=C(O)O. The Labute approximate surface area is 57.0 Å². The minimum atomic E-state index is -1.83. The van der Waals surface area contributed by atoms with Gasteiger partial charge in [0.2, 0.25) is 0 Å². The van der Waals surface area contributed by atoms with E-state index >= 15 is 0 Å². The lowest BCUT2D eigenvalue weighted by Crippen LogP contribution is -1.97. The Morgan fingerprint density at radius 1 is 1.10 bits per heavy atom. The molecule has 0 aromatic rings. The topological polar surface area (TPSA) is 93.1 Å². The summed E-state index contributed by atoms with van der Waals surface area (Å²) in [6.07, 6.45) is -2.49. The average molecular weight is 152 g/mol. The summed E-state index contributed by atoms with van der Waals surface area (Å²) in [7, 11) is 2.51. The van der Waals surface area contributed by atoms with Gasteiger partial charge in [0.15, 0.2) is 0 Å². The first-order chi connectivity index (χ1) is 4.54. The second kappa shape index (κ2) is 7.54. The quantitative estimate of drug-likeness (QED) is 0.494. The summed E-state index contributed by atoms with van der Waals surface area (Å²) < 4.78 is 8.08. The maximum absolute atomic E-state index is 9.74. The van der Waals surface area contributed by atoms with Gasteiger partial charge in [0.05, 0.1) is 14.2 Å². The number of rotatable bonds is 0. The van der Waals surface area contributed by atoms with Gasteiger partial charge in [-0.25, -0.2) is 9.59 Å². The molecule has 10 heavy (non-hydrogen) atoms. The highest BCUT2D eigenvalue weighted by Gasteiger charge is 1.88. The zero-order chi connectivity index (χ0) is 8.57. The standard InChI is InChI=1S/C3H6O3.CH2O3/c1-5-3(4)6-2;2-1(3)4/h1-2H3;(H2,2,3,4). The smallest absolute Gasteiger partial charge is 0.450 e. The molecule has 0 aliphatic heterocycles. The molecule has 0 bridgehead atoms. The van der Waals surface area contributed by atoms with E-state index in [-0.39, 0.29) is 0 Å². The lowest BCUT2D eigenvalue weighted by molar-refractivity contribution is 0.0924. The van der Waals surface area contributed by atoms with Gasteiger partial charge in [-0.1, -0.05) is 0 Å². The maximum atomic E-state index is 9.74. The van der Waals surface area contributed by atoms with E-state index in [1.54, 1.807) is 0 Å².